The summed E-state index contributed by atoms with van der Waals surface area (Å²) in [5.74, 6) is 1.41. The maximum absolute atomic E-state index is 12.6. The predicted octanol–water partition coefficient (Wildman–Crippen LogP) is 5.05. The van der Waals surface area contributed by atoms with Crippen molar-refractivity contribution in [3.63, 3.8) is 0 Å². The molecule has 4 rings (SSSR count). The highest BCUT2D eigenvalue weighted by Gasteiger charge is 2.30. The first-order chi connectivity index (χ1) is 16.0. The summed E-state index contributed by atoms with van der Waals surface area (Å²) in [4.78, 5) is 6.72. The van der Waals surface area contributed by atoms with Crippen LogP contribution in [0.4, 0.5) is 18.9 Å². The van der Waals surface area contributed by atoms with E-state index < -0.39 is 11.7 Å². The van der Waals surface area contributed by atoms with Gasteiger partial charge in [-0.05, 0) is 62.3 Å². The van der Waals surface area contributed by atoms with Gasteiger partial charge in [-0.3, -0.25) is 4.98 Å². The number of pyridine rings is 1. The van der Waals surface area contributed by atoms with Crippen molar-refractivity contribution in [2.75, 3.05) is 37.7 Å². The summed E-state index contributed by atoms with van der Waals surface area (Å²) in [7, 11) is 0. The fourth-order valence-corrected chi connectivity index (χ4v) is 4.46. The van der Waals surface area contributed by atoms with Gasteiger partial charge in [-0.25, -0.2) is 0 Å². The molecule has 0 aliphatic carbocycles. The average molecular weight is 464 g/mol. The molecule has 1 atom stereocenters. The van der Waals surface area contributed by atoms with Crippen LogP contribution in [0.5, 0.6) is 5.75 Å². The Kier molecular flexibility index (Phi) is 8.09. The van der Waals surface area contributed by atoms with Crippen LogP contribution >= 0.6 is 0 Å². The van der Waals surface area contributed by atoms with Crippen LogP contribution in [0.15, 0.2) is 42.7 Å². The van der Waals surface area contributed by atoms with Gasteiger partial charge in [-0.15, -0.1) is 0 Å². The fourth-order valence-electron chi connectivity index (χ4n) is 4.46. The van der Waals surface area contributed by atoms with Crippen LogP contribution in [0, 0.1) is 5.92 Å². The quantitative estimate of drug-likeness (QED) is 0.527. The number of hydrogen-bond donors (Lipinski definition) is 1. The largest absolute Gasteiger partial charge is 0.490 e. The minimum Gasteiger partial charge on any atom is -0.490 e. The third kappa shape index (κ3) is 7.08. The van der Waals surface area contributed by atoms with Gasteiger partial charge < -0.3 is 19.7 Å². The number of benzene rings is 1. The lowest BCUT2D eigenvalue weighted by atomic mass is 9.94. The molecule has 2 aromatic rings. The fraction of sp³-hybridized carbons (Fsp3) is 0.560. The van der Waals surface area contributed by atoms with Gasteiger partial charge in [0.2, 0.25) is 0 Å². The molecule has 0 saturated carbocycles. The standard InChI is InChI=1S/C25H32F3N3O2/c26-25(27,28)21-5-3-20(4-6-21)17-32-13-9-19-7-11-31(12-8-19)23-14-24(16-29-15-23)33-18-22-2-1-10-30-22/h3-6,14-16,19,22,30H,1-2,7-13,17-18H2. The summed E-state index contributed by atoms with van der Waals surface area (Å²) in [6, 6.07) is 7.69. The summed E-state index contributed by atoms with van der Waals surface area (Å²) in [6.07, 6.45) is 4.88. The Hall–Kier alpha value is -2.32. The zero-order valence-electron chi connectivity index (χ0n) is 18.8. The number of anilines is 1. The second-order valence-corrected chi connectivity index (χ2v) is 8.95. The number of nitrogens with zero attached hydrogens (tertiary/aromatic N) is 2. The van der Waals surface area contributed by atoms with Crippen LogP contribution in [0.1, 0.15) is 43.2 Å². The summed E-state index contributed by atoms with van der Waals surface area (Å²) >= 11 is 0. The molecule has 0 spiro atoms. The van der Waals surface area contributed by atoms with Gasteiger partial charge in [0.25, 0.3) is 0 Å². The molecule has 0 bridgehead atoms. The van der Waals surface area contributed by atoms with Gasteiger partial charge >= 0.3 is 6.18 Å². The number of hydrogen-bond acceptors (Lipinski definition) is 5. The minimum absolute atomic E-state index is 0.339. The second-order valence-electron chi connectivity index (χ2n) is 8.95. The van der Waals surface area contributed by atoms with Crippen LogP contribution in [-0.4, -0.2) is 43.9 Å². The van der Waals surface area contributed by atoms with E-state index in [0.29, 0.717) is 31.8 Å². The SMILES string of the molecule is FC(F)(F)c1ccc(COCCC2CCN(c3cncc(OCC4CCCN4)c3)CC2)cc1. The Morgan fingerprint density at radius 1 is 1.06 bits per heavy atom. The molecule has 1 aromatic heterocycles. The summed E-state index contributed by atoms with van der Waals surface area (Å²) in [5.41, 5.74) is 1.23. The molecule has 0 amide bonds. The van der Waals surface area contributed by atoms with Crippen molar-refractivity contribution in [3.05, 3.63) is 53.9 Å². The molecule has 8 heteroatoms. The molecule has 1 unspecified atom stereocenters. The normalized spacial score (nSPS) is 19.7. The summed E-state index contributed by atoms with van der Waals surface area (Å²) < 4.78 is 49.6. The highest BCUT2D eigenvalue weighted by molar-refractivity contribution is 5.48. The van der Waals surface area contributed by atoms with Gasteiger partial charge in [0.1, 0.15) is 12.4 Å². The van der Waals surface area contributed by atoms with Gasteiger partial charge in [-0.1, -0.05) is 12.1 Å². The van der Waals surface area contributed by atoms with Gasteiger partial charge in [0, 0.05) is 31.8 Å². The molecule has 2 saturated heterocycles. The third-order valence-electron chi connectivity index (χ3n) is 6.51. The van der Waals surface area contributed by atoms with Crippen molar-refractivity contribution in [1.29, 1.82) is 0 Å². The van der Waals surface area contributed by atoms with Gasteiger partial charge in [0.05, 0.1) is 30.3 Å². The minimum atomic E-state index is -4.30. The monoisotopic (exact) mass is 463 g/mol. The molecule has 2 aliphatic heterocycles. The molecule has 3 heterocycles. The second kappa shape index (κ2) is 11.2. The van der Waals surface area contributed by atoms with E-state index in [1.165, 1.54) is 18.6 Å². The van der Waals surface area contributed by atoms with Crippen molar-refractivity contribution < 1.29 is 22.6 Å². The highest BCUT2D eigenvalue weighted by Crippen LogP contribution is 2.29. The van der Waals surface area contributed by atoms with Crippen LogP contribution < -0.4 is 15.0 Å². The zero-order valence-corrected chi connectivity index (χ0v) is 18.8. The summed E-state index contributed by atoms with van der Waals surface area (Å²) in [6.45, 7) is 4.65. The maximum atomic E-state index is 12.6. The molecular formula is C25H32F3N3O2. The van der Waals surface area contributed by atoms with E-state index in [-0.39, 0.29) is 0 Å². The predicted molar refractivity (Wildman–Crippen MR) is 121 cm³/mol. The van der Waals surface area contributed by atoms with Crippen LogP contribution in [0.2, 0.25) is 0 Å². The van der Waals surface area contributed by atoms with Crippen LogP contribution in [-0.2, 0) is 17.5 Å². The van der Waals surface area contributed by atoms with Crippen molar-refractivity contribution in [1.82, 2.24) is 10.3 Å². The molecule has 180 valence electrons. The Morgan fingerprint density at radius 3 is 2.55 bits per heavy atom. The lowest BCUT2D eigenvalue weighted by molar-refractivity contribution is -0.137. The molecule has 0 radical (unpaired) electrons. The van der Waals surface area contributed by atoms with Crippen molar-refractivity contribution >= 4 is 5.69 Å². The van der Waals surface area contributed by atoms with Crippen molar-refractivity contribution in [3.8, 4) is 5.75 Å². The highest BCUT2D eigenvalue weighted by atomic mass is 19.4. The van der Waals surface area contributed by atoms with E-state index >= 15 is 0 Å². The number of halogens is 3. The van der Waals surface area contributed by atoms with E-state index in [1.54, 1.807) is 6.20 Å². The molecule has 33 heavy (non-hydrogen) atoms. The van der Waals surface area contributed by atoms with E-state index in [1.807, 2.05) is 6.20 Å². The number of nitrogens with one attached hydrogen (secondary N) is 1. The Balaban J connectivity index is 1.15. The molecular weight excluding hydrogens is 431 g/mol. The molecule has 1 N–H and O–H groups in total. The summed E-state index contributed by atoms with van der Waals surface area (Å²) in [5, 5.41) is 3.44. The van der Waals surface area contributed by atoms with E-state index in [2.05, 4.69) is 21.3 Å². The molecule has 1 aromatic carbocycles. The van der Waals surface area contributed by atoms with Crippen LogP contribution in [0.25, 0.3) is 0 Å². The number of aromatic nitrogens is 1. The number of piperidine rings is 1. The molecule has 5 nitrogen and oxygen atoms in total. The van der Waals surface area contributed by atoms with E-state index in [9.17, 15) is 13.2 Å². The Bertz CT molecular complexity index is 862. The first-order valence-electron chi connectivity index (χ1n) is 11.8. The zero-order chi connectivity index (χ0) is 23.1. The Morgan fingerprint density at radius 2 is 1.85 bits per heavy atom. The van der Waals surface area contributed by atoms with E-state index in [4.69, 9.17) is 9.47 Å². The van der Waals surface area contributed by atoms with Crippen LogP contribution in [0.3, 0.4) is 0 Å². The molecule has 2 fully saturated rings. The first kappa shape index (κ1) is 23.8. The third-order valence-corrected chi connectivity index (χ3v) is 6.51. The Labute approximate surface area is 193 Å². The average Bonchev–Trinajstić information content (AvgIpc) is 3.35. The molecule has 2 aliphatic rings. The first-order valence-corrected chi connectivity index (χ1v) is 11.8. The topological polar surface area (TPSA) is 46.6 Å². The van der Waals surface area contributed by atoms with Crippen molar-refractivity contribution in [2.24, 2.45) is 5.92 Å². The number of alkyl halides is 3. The maximum Gasteiger partial charge on any atom is 0.416 e. The van der Waals surface area contributed by atoms with E-state index in [0.717, 1.165) is 74.5 Å². The smallest absolute Gasteiger partial charge is 0.416 e. The number of ether oxygens (including phenoxy) is 2. The number of rotatable bonds is 9. The van der Waals surface area contributed by atoms with Gasteiger partial charge in [-0.2, -0.15) is 13.2 Å². The van der Waals surface area contributed by atoms with Gasteiger partial charge in [0.15, 0.2) is 0 Å². The van der Waals surface area contributed by atoms with Crippen molar-refractivity contribution in [2.45, 2.75) is 50.9 Å². The lowest BCUT2D eigenvalue weighted by Crippen LogP contribution is -2.34. The lowest BCUT2D eigenvalue weighted by Gasteiger charge is -2.33.